The lowest BCUT2D eigenvalue weighted by Gasteiger charge is -2.32. The lowest BCUT2D eigenvalue weighted by Crippen LogP contribution is -2.46. The number of rotatable bonds is 8. The second-order valence-corrected chi connectivity index (χ2v) is 8.79. The maximum atomic E-state index is 14.7. The lowest BCUT2D eigenvalue weighted by molar-refractivity contribution is -0.146. The fourth-order valence-corrected chi connectivity index (χ4v) is 4.45. The molecule has 1 unspecified atom stereocenters. The molecule has 2 aromatic rings. The van der Waals surface area contributed by atoms with E-state index in [4.69, 9.17) is 16.3 Å². The highest BCUT2D eigenvalue weighted by Gasteiger charge is 2.37. The van der Waals surface area contributed by atoms with E-state index in [0.717, 1.165) is 19.3 Å². The Kier molecular flexibility index (Phi) is 7.40. The molecule has 1 atom stereocenters. The number of benzene rings is 2. The van der Waals surface area contributed by atoms with Crippen LogP contribution in [0.1, 0.15) is 42.9 Å². The second kappa shape index (κ2) is 10.4. The average Bonchev–Trinajstić information content (AvgIpc) is 3.21. The normalized spacial score (nSPS) is 18.1. The molecule has 0 radical (unpaired) electrons. The summed E-state index contributed by atoms with van der Waals surface area (Å²) in [7, 11) is 1.56. The maximum absolute atomic E-state index is 14.7. The summed E-state index contributed by atoms with van der Waals surface area (Å²) < 4.78 is 19.9. The number of carbonyl (C=O) groups excluding carboxylic acids is 2. The van der Waals surface area contributed by atoms with Gasteiger partial charge in [-0.05, 0) is 25.0 Å². The highest BCUT2D eigenvalue weighted by molar-refractivity contribution is 6.34. The van der Waals surface area contributed by atoms with Crippen LogP contribution in [0.5, 0.6) is 0 Å². The molecule has 1 saturated carbocycles. The molecule has 6 nitrogen and oxygen atoms in total. The minimum Gasteiger partial charge on any atom is -0.383 e. The largest absolute Gasteiger partial charge is 0.383 e. The van der Waals surface area contributed by atoms with Crippen molar-refractivity contribution < 1.29 is 18.7 Å². The molecule has 1 aliphatic heterocycles. The number of ether oxygens (including phenoxy) is 1. The van der Waals surface area contributed by atoms with Gasteiger partial charge in [0.25, 0.3) is 5.91 Å². The third kappa shape index (κ3) is 5.09. The van der Waals surface area contributed by atoms with Gasteiger partial charge >= 0.3 is 0 Å². The van der Waals surface area contributed by atoms with Crippen molar-refractivity contribution in [3.63, 3.8) is 0 Å². The molecule has 8 heteroatoms. The first kappa shape index (κ1) is 23.4. The van der Waals surface area contributed by atoms with Gasteiger partial charge < -0.3 is 9.64 Å². The molecule has 1 fully saturated rings. The van der Waals surface area contributed by atoms with E-state index in [1.54, 1.807) is 31.4 Å². The van der Waals surface area contributed by atoms with Crippen molar-refractivity contribution in [3.05, 3.63) is 70.5 Å². The van der Waals surface area contributed by atoms with Crippen LogP contribution in [0, 0.1) is 11.7 Å². The molecule has 1 heterocycles. The first-order valence-corrected chi connectivity index (χ1v) is 11.5. The van der Waals surface area contributed by atoms with E-state index >= 15 is 0 Å². The Morgan fingerprint density at radius 1 is 1.18 bits per heavy atom. The number of nitrogens with zero attached hydrogens (tertiary/aromatic N) is 3. The summed E-state index contributed by atoms with van der Waals surface area (Å²) in [6.07, 6.45) is 3.03. The molecule has 2 amide bonds. The molecule has 2 aliphatic rings. The van der Waals surface area contributed by atoms with Gasteiger partial charge in [0.15, 0.2) is 0 Å². The van der Waals surface area contributed by atoms with Gasteiger partial charge in [-0.3, -0.25) is 9.59 Å². The Labute approximate surface area is 198 Å². The van der Waals surface area contributed by atoms with Gasteiger partial charge in [-0.15, -0.1) is 0 Å². The molecule has 0 N–H and O–H groups in total. The van der Waals surface area contributed by atoms with E-state index in [1.165, 1.54) is 16.0 Å². The maximum Gasteiger partial charge on any atom is 0.262 e. The molecule has 1 aliphatic carbocycles. The van der Waals surface area contributed by atoms with Crippen molar-refractivity contribution in [3.8, 4) is 0 Å². The van der Waals surface area contributed by atoms with Crippen LogP contribution in [-0.4, -0.2) is 54.2 Å². The SMILES string of the molecule is COCCN(CC(=O)N1N=C(c2ccccc2Cl)CC1c1ccccc1F)C(=O)C1CCC1. The molecule has 0 spiro atoms. The third-order valence-electron chi connectivity index (χ3n) is 6.27. The summed E-state index contributed by atoms with van der Waals surface area (Å²) in [5, 5.41) is 6.39. The molecule has 33 heavy (non-hydrogen) atoms. The molecule has 0 aromatic heterocycles. The van der Waals surface area contributed by atoms with Crippen LogP contribution in [-0.2, 0) is 14.3 Å². The monoisotopic (exact) mass is 471 g/mol. The summed E-state index contributed by atoms with van der Waals surface area (Å²) in [5.74, 6) is -0.854. The number of amides is 2. The summed E-state index contributed by atoms with van der Waals surface area (Å²) in [6, 6.07) is 13.0. The number of hydrogen-bond donors (Lipinski definition) is 0. The summed E-state index contributed by atoms with van der Waals surface area (Å²) >= 11 is 6.37. The van der Waals surface area contributed by atoms with Crippen molar-refractivity contribution in [1.29, 1.82) is 0 Å². The highest BCUT2D eigenvalue weighted by atomic mass is 35.5. The van der Waals surface area contributed by atoms with Crippen LogP contribution in [0.2, 0.25) is 5.02 Å². The van der Waals surface area contributed by atoms with Crippen LogP contribution in [0.15, 0.2) is 53.6 Å². The quantitative estimate of drug-likeness (QED) is 0.572. The van der Waals surface area contributed by atoms with E-state index in [0.29, 0.717) is 41.4 Å². The van der Waals surface area contributed by atoms with E-state index in [1.807, 2.05) is 18.2 Å². The van der Waals surface area contributed by atoms with E-state index in [2.05, 4.69) is 5.10 Å². The Morgan fingerprint density at radius 2 is 1.91 bits per heavy atom. The van der Waals surface area contributed by atoms with E-state index in [9.17, 15) is 14.0 Å². The lowest BCUT2D eigenvalue weighted by atomic mass is 9.84. The Bertz CT molecular complexity index is 1060. The van der Waals surface area contributed by atoms with Gasteiger partial charge in [-0.25, -0.2) is 9.40 Å². The number of hydrogen-bond acceptors (Lipinski definition) is 4. The Hall–Kier alpha value is -2.77. The van der Waals surface area contributed by atoms with Gasteiger partial charge in [0.05, 0.1) is 18.4 Å². The molecule has 0 bridgehead atoms. The van der Waals surface area contributed by atoms with Gasteiger partial charge in [-0.2, -0.15) is 5.10 Å². The van der Waals surface area contributed by atoms with Gasteiger partial charge in [0.1, 0.15) is 12.4 Å². The Balaban J connectivity index is 1.62. The fraction of sp³-hybridized carbons (Fsp3) is 0.400. The molecular formula is C25H27ClFN3O3. The zero-order chi connectivity index (χ0) is 23.4. The highest BCUT2D eigenvalue weighted by Crippen LogP contribution is 2.36. The zero-order valence-corrected chi connectivity index (χ0v) is 19.3. The zero-order valence-electron chi connectivity index (χ0n) is 18.5. The van der Waals surface area contributed by atoms with Crippen molar-refractivity contribution in [2.75, 3.05) is 26.8 Å². The van der Waals surface area contributed by atoms with Crippen molar-refractivity contribution >= 4 is 29.1 Å². The van der Waals surface area contributed by atoms with Crippen LogP contribution in [0.25, 0.3) is 0 Å². The first-order chi connectivity index (χ1) is 16.0. The predicted octanol–water partition coefficient (Wildman–Crippen LogP) is 4.43. The fourth-order valence-electron chi connectivity index (χ4n) is 4.20. The molecule has 2 aromatic carbocycles. The minimum atomic E-state index is -0.618. The standard InChI is InChI=1S/C25H27ClFN3O3/c1-33-14-13-29(25(32)17-7-6-8-17)16-24(31)30-23(19-10-3-5-12-21(19)27)15-22(28-30)18-9-2-4-11-20(18)26/h2-5,9-12,17,23H,6-8,13-16H2,1H3. The number of halogens is 2. The van der Waals surface area contributed by atoms with Gasteiger partial charge in [0.2, 0.25) is 5.91 Å². The van der Waals surface area contributed by atoms with Crippen molar-refractivity contribution in [2.45, 2.75) is 31.7 Å². The molecule has 174 valence electrons. The average molecular weight is 472 g/mol. The molecular weight excluding hydrogens is 445 g/mol. The van der Waals surface area contributed by atoms with Gasteiger partial charge in [0, 0.05) is 42.1 Å². The van der Waals surface area contributed by atoms with Crippen molar-refractivity contribution in [1.82, 2.24) is 9.91 Å². The molecule has 0 saturated heterocycles. The predicted molar refractivity (Wildman–Crippen MR) is 124 cm³/mol. The van der Waals surface area contributed by atoms with Crippen LogP contribution >= 0.6 is 11.6 Å². The number of hydrazone groups is 1. The number of methoxy groups -OCH3 is 1. The van der Waals surface area contributed by atoms with Crippen LogP contribution < -0.4 is 0 Å². The van der Waals surface area contributed by atoms with E-state index < -0.39 is 11.9 Å². The Morgan fingerprint density at radius 3 is 2.58 bits per heavy atom. The number of carbonyl (C=O) groups is 2. The van der Waals surface area contributed by atoms with Crippen molar-refractivity contribution in [2.24, 2.45) is 11.0 Å². The smallest absolute Gasteiger partial charge is 0.262 e. The van der Waals surface area contributed by atoms with E-state index in [-0.39, 0.29) is 24.3 Å². The van der Waals surface area contributed by atoms with Gasteiger partial charge in [-0.1, -0.05) is 54.4 Å². The summed E-state index contributed by atoms with van der Waals surface area (Å²) in [6.45, 7) is 0.510. The minimum absolute atomic E-state index is 0.0383. The summed E-state index contributed by atoms with van der Waals surface area (Å²) in [4.78, 5) is 27.9. The topological polar surface area (TPSA) is 62.2 Å². The summed E-state index contributed by atoms with van der Waals surface area (Å²) in [5.41, 5.74) is 1.69. The van der Waals surface area contributed by atoms with Crippen LogP contribution in [0.4, 0.5) is 4.39 Å². The second-order valence-electron chi connectivity index (χ2n) is 8.39. The molecule has 4 rings (SSSR count). The first-order valence-electron chi connectivity index (χ1n) is 11.2. The third-order valence-corrected chi connectivity index (χ3v) is 6.60. The van der Waals surface area contributed by atoms with Crippen LogP contribution in [0.3, 0.4) is 0 Å².